The number of carbonyl (C=O) groups excluding carboxylic acids is 2. The molecule has 12 nitrogen and oxygen atoms in total. The van der Waals surface area contributed by atoms with Crippen LogP contribution >= 0.6 is 0 Å². The molecule has 13 heteroatoms. The first kappa shape index (κ1) is 58.9. The quantitative estimate of drug-likeness (QED) is 0.0758. The Morgan fingerprint density at radius 1 is 0.667 bits per heavy atom. The number of ether oxygens (including phenoxy) is 2. The maximum Gasteiger partial charge on any atom is 0.305 e. The number of unbranched alkanes of at least 4 members (excludes halogenated alkanes) is 6. The van der Waals surface area contributed by atoms with Gasteiger partial charge < -0.3 is 40.1 Å². The molecule has 0 radical (unpaired) electrons. The Labute approximate surface area is 288 Å². The van der Waals surface area contributed by atoms with Crippen molar-refractivity contribution in [3.63, 3.8) is 0 Å². The molecule has 1 saturated heterocycles. The second-order valence-electron chi connectivity index (χ2n) is 9.40. The summed E-state index contributed by atoms with van der Waals surface area (Å²) in [4.78, 5) is 39.8. The second-order valence-corrected chi connectivity index (χ2v) is 9.40. The Hall–Kier alpha value is -1.57. The van der Waals surface area contributed by atoms with Crippen LogP contribution in [0.4, 0.5) is 0 Å². The summed E-state index contributed by atoms with van der Waals surface area (Å²) < 4.78 is 9.43. The summed E-state index contributed by atoms with van der Waals surface area (Å²) in [6.45, 7) is 13.1. The summed E-state index contributed by atoms with van der Waals surface area (Å²) in [6, 6.07) is 0. The normalized spacial score (nSPS) is 10.7. The summed E-state index contributed by atoms with van der Waals surface area (Å²) in [5.74, 6) is -1.92. The molecule has 0 aromatic rings. The number of aliphatic hydroxyl groups is 4. The van der Waals surface area contributed by atoms with Gasteiger partial charge in [-0.3, -0.25) is 19.2 Å². The average molecular weight is 693 g/mol. The minimum atomic E-state index is -0.833. The van der Waals surface area contributed by atoms with E-state index in [1.54, 1.807) is 0 Å². The van der Waals surface area contributed by atoms with Crippen molar-refractivity contribution in [2.75, 3.05) is 39.6 Å². The molecule has 1 fully saturated rings. The zero-order valence-corrected chi connectivity index (χ0v) is 30.8. The van der Waals surface area contributed by atoms with Gasteiger partial charge >= 0.3 is 17.9 Å². The molecule has 1 aliphatic rings. The third kappa shape index (κ3) is 116. The number of aliphatic carboxylic acids is 2. The zero-order chi connectivity index (χ0) is 35.3. The zero-order valence-electron chi connectivity index (χ0n) is 29.2. The van der Waals surface area contributed by atoms with Gasteiger partial charge in [0.2, 0.25) is 0 Å². The Balaban J connectivity index is -0.0000000777. The van der Waals surface area contributed by atoms with E-state index in [0.717, 1.165) is 90.4 Å². The van der Waals surface area contributed by atoms with E-state index in [0.29, 0.717) is 52.5 Å². The Bertz CT molecular complexity index is 500. The number of hydrogen-bond acceptors (Lipinski definition) is 10. The van der Waals surface area contributed by atoms with Crippen molar-refractivity contribution in [2.45, 2.75) is 144 Å². The molecule has 0 saturated carbocycles. The van der Waals surface area contributed by atoms with Gasteiger partial charge in [-0.05, 0) is 64.2 Å². The summed E-state index contributed by atoms with van der Waals surface area (Å²) in [5.41, 5.74) is 0. The minimum Gasteiger partial charge on any atom is -0.481 e. The SMILES string of the molecule is CC(=O)O.CC(=O)OCCCCCC(=O)O.CCCCO.CCCCO.CCCCO.CCCCO.O=C1CCCCCO1.[Ti]. The van der Waals surface area contributed by atoms with E-state index in [4.69, 9.17) is 40.2 Å². The average Bonchev–Trinajstić information content (AvgIpc) is 3.21. The van der Waals surface area contributed by atoms with E-state index < -0.39 is 11.9 Å². The molecule has 45 heavy (non-hydrogen) atoms. The Morgan fingerprint density at radius 3 is 1.36 bits per heavy atom. The molecule has 0 aromatic carbocycles. The number of esters is 2. The monoisotopic (exact) mass is 692 g/mol. The van der Waals surface area contributed by atoms with Gasteiger partial charge in [0.1, 0.15) is 0 Å². The van der Waals surface area contributed by atoms with Crippen molar-refractivity contribution >= 4 is 23.9 Å². The standard InChI is InChI=1S/C8H14O4.C6H10O2.4C4H10O.C2H4O2.Ti/c1-7(9)12-6-4-2-3-5-8(10)11;7-6-4-2-1-3-5-8-6;4*1-2-3-4-5;1-2(3)4;/h2-6H2,1H3,(H,10,11);1-5H2;4*5H,2-4H2,1H3;1H3,(H,3,4);. The first-order valence-electron chi connectivity index (χ1n) is 16.0. The molecule has 6 N–H and O–H groups in total. The van der Waals surface area contributed by atoms with Gasteiger partial charge in [0.15, 0.2) is 0 Å². The molecular weight excluding hydrogens is 624 g/mol. The Kier molecular flexibility index (Phi) is 80.4. The van der Waals surface area contributed by atoms with Crippen LogP contribution in [-0.4, -0.2) is 94.2 Å². The maximum atomic E-state index is 10.5. The van der Waals surface area contributed by atoms with Crippen LogP contribution in [0.25, 0.3) is 0 Å². The fraction of sp³-hybridized carbons (Fsp3) is 0.875. The third-order valence-electron chi connectivity index (χ3n) is 4.68. The largest absolute Gasteiger partial charge is 0.481 e. The van der Waals surface area contributed by atoms with Crippen molar-refractivity contribution < 1.29 is 81.0 Å². The molecule has 0 atom stereocenters. The molecule has 1 rings (SSSR count). The molecule has 1 heterocycles. The van der Waals surface area contributed by atoms with Crippen LogP contribution in [0.15, 0.2) is 0 Å². The van der Waals surface area contributed by atoms with Crippen LogP contribution in [0.1, 0.15) is 144 Å². The van der Waals surface area contributed by atoms with Gasteiger partial charge in [0.05, 0.1) is 13.2 Å². The molecule has 0 aromatic heterocycles. The van der Waals surface area contributed by atoms with Gasteiger partial charge in [0.25, 0.3) is 5.97 Å². The minimum absolute atomic E-state index is 0. The fourth-order valence-electron chi connectivity index (χ4n) is 2.21. The van der Waals surface area contributed by atoms with E-state index >= 15 is 0 Å². The van der Waals surface area contributed by atoms with Crippen LogP contribution in [0.2, 0.25) is 0 Å². The van der Waals surface area contributed by atoms with E-state index in [2.05, 4.69) is 32.4 Å². The van der Waals surface area contributed by atoms with E-state index in [-0.39, 0.29) is 40.1 Å². The number of carboxylic acid groups (broad SMARTS) is 2. The van der Waals surface area contributed by atoms with Gasteiger partial charge in [-0.1, -0.05) is 53.4 Å². The summed E-state index contributed by atoms with van der Waals surface area (Å²) >= 11 is 0. The van der Waals surface area contributed by atoms with Crippen LogP contribution in [0.5, 0.6) is 0 Å². The van der Waals surface area contributed by atoms with Crippen LogP contribution in [0.3, 0.4) is 0 Å². The van der Waals surface area contributed by atoms with Gasteiger partial charge in [-0.25, -0.2) is 0 Å². The van der Waals surface area contributed by atoms with Crippen molar-refractivity contribution in [3.05, 3.63) is 0 Å². The first-order chi connectivity index (χ1) is 20.9. The predicted octanol–water partition coefficient (Wildman–Crippen LogP) is 5.50. The molecule has 0 spiro atoms. The Morgan fingerprint density at radius 2 is 1.07 bits per heavy atom. The van der Waals surface area contributed by atoms with E-state index in [1.807, 2.05) is 0 Å². The van der Waals surface area contributed by atoms with E-state index in [9.17, 15) is 14.4 Å². The van der Waals surface area contributed by atoms with Crippen molar-refractivity contribution in [2.24, 2.45) is 0 Å². The number of aliphatic hydroxyl groups excluding tert-OH is 4. The number of carboxylic acids is 2. The van der Waals surface area contributed by atoms with Crippen molar-refractivity contribution in [1.29, 1.82) is 0 Å². The van der Waals surface area contributed by atoms with Crippen molar-refractivity contribution in [3.8, 4) is 0 Å². The van der Waals surface area contributed by atoms with Gasteiger partial charge in [-0.15, -0.1) is 0 Å². The third-order valence-corrected chi connectivity index (χ3v) is 4.68. The van der Waals surface area contributed by atoms with Gasteiger partial charge in [-0.2, -0.15) is 0 Å². The van der Waals surface area contributed by atoms with Gasteiger partial charge in [0, 0.05) is 74.8 Å². The first-order valence-corrected chi connectivity index (χ1v) is 16.0. The molecule has 0 bridgehead atoms. The van der Waals surface area contributed by atoms with Crippen molar-refractivity contribution in [1.82, 2.24) is 0 Å². The molecule has 272 valence electrons. The second kappa shape index (κ2) is 61.4. The summed E-state index contributed by atoms with van der Waals surface area (Å²) in [7, 11) is 0. The molecule has 0 amide bonds. The fourth-order valence-corrected chi connectivity index (χ4v) is 2.21. The molecular formula is C32H68O12Ti. The molecule has 0 aliphatic carbocycles. The smallest absolute Gasteiger partial charge is 0.305 e. The maximum absolute atomic E-state index is 10.5. The summed E-state index contributed by atoms with van der Waals surface area (Å²) in [6.07, 6.45) is 14.4. The number of carbonyl (C=O) groups is 4. The number of cyclic esters (lactones) is 1. The summed E-state index contributed by atoms with van der Waals surface area (Å²) in [5, 5.41) is 48.0. The van der Waals surface area contributed by atoms with Crippen LogP contribution < -0.4 is 0 Å². The van der Waals surface area contributed by atoms with Crippen LogP contribution in [-0.2, 0) is 50.4 Å². The van der Waals surface area contributed by atoms with Crippen LogP contribution in [0, 0.1) is 0 Å². The number of hydrogen-bond donors (Lipinski definition) is 6. The molecule has 1 aliphatic heterocycles. The number of rotatable bonds is 14. The van der Waals surface area contributed by atoms with E-state index in [1.165, 1.54) is 6.92 Å². The molecule has 0 unspecified atom stereocenters. The topological polar surface area (TPSA) is 208 Å². The predicted molar refractivity (Wildman–Crippen MR) is 173 cm³/mol.